The summed E-state index contributed by atoms with van der Waals surface area (Å²) in [6.07, 6.45) is 5.50. The van der Waals surface area contributed by atoms with Gasteiger partial charge < -0.3 is 10.1 Å². The predicted molar refractivity (Wildman–Crippen MR) is 77.2 cm³/mol. The molecule has 1 rings (SSSR count). The second-order valence-electron chi connectivity index (χ2n) is 5.15. The lowest BCUT2D eigenvalue weighted by molar-refractivity contribution is 0.340. The molecule has 1 atom stereocenters. The number of ether oxygens (including phenoxy) is 1. The van der Waals surface area contributed by atoms with Crippen LogP contribution in [0.15, 0.2) is 18.3 Å². The van der Waals surface area contributed by atoms with Gasteiger partial charge in [-0.05, 0) is 38.3 Å². The van der Waals surface area contributed by atoms with E-state index in [4.69, 9.17) is 4.74 Å². The second-order valence-corrected chi connectivity index (χ2v) is 5.15. The molecule has 0 saturated carbocycles. The van der Waals surface area contributed by atoms with Gasteiger partial charge in [-0.3, -0.25) is 0 Å². The van der Waals surface area contributed by atoms with Crippen LogP contribution in [0.3, 0.4) is 0 Å². The smallest absolute Gasteiger partial charge is 0.168 e. The molecule has 0 amide bonds. The Labute approximate surface area is 111 Å². The van der Waals surface area contributed by atoms with Gasteiger partial charge in [-0.25, -0.2) is 4.98 Å². The summed E-state index contributed by atoms with van der Waals surface area (Å²) in [4.78, 5) is 4.34. The maximum atomic E-state index is 5.56. The highest BCUT2D eigenvalue weighted by atomic mass is 16.5. The van der Waals surface area contributed by atoms with Crippen molar-refractivity contribution >= 4 is 5.82 Å². The van der Waals surface area contributed by atoms with Crippen molar-refractivity contribution in [3.05, 3.63) is 18.3 Å². The summed E-state index contributed by atoms with van der Waals surface area (Å²) in [5, 5.41) is 3.43. The zero-order valence-electron chi connectivity index (χ0n) is 12.1. The molecule has 18 heavy (non-hydrogen) atoms. The first-order valence-electron chi connectivity index (χ1n) is 6.97. The summed E-state index contributed by atoms with van der Waals surface area (Å²) in [6, 6.07) is 4.29. The first-order valence-corrected chi connectivity index (χ1v) is 6.97. The van der Waals surface area contributed by atoms with E-state index in [9.17, 15) is 0 Å². The standard InChI is InChI=1S/C15H26N2O/c1-5-18-14-10-7-11-16-15(14)17-13(4)9-6-8-12(2)3/h7,10-13H,5-6,8-9H2,1-4H3,(H,16,17). The van der Waals surface area contributed by atoms with E-state index in [0.717, 1.165) is 17.5 Å². The van der Waals surface area contributed by atoms with E-state index in [2.05, 4.69) is 31.1 Å². The first-order chi connectivity index (χ1) is 8.63. The van der Waals surface area contributed by atoms with E-state index >= 15 is 0 Å². The van der Waals surface area contributed by atoms with E-state index < -0.39 is 0 Å². The molecule has 0 bridgehead atoms. The summed E-state index contributed by atoms with van der Waals surface area (Å²) < 4.78 is 5.56. The van der Waals surface area contributed by atoms with Gasteiger partial charge in [0.25, 0.3) is 0 Å². The molecule has 0 aromatic carbocycles. The fraction of sp³-hybridized carbons (Fsp3) is 0.667. The van der Waals surface area contributed by atoms with Gasteiger partial charge in [0, 0.05) is 12.2 Å². The Morgan fingerprint density at radius 1 is 1.28 bits per heavy atom. The second kappa shape index (κ2) is 7.96. The van der Waals surface area contributed by atoms with Gasteiger partial charge in [-0.1, -0.05) is 26.7 Å². The molecule has 0 fully saturated rings. The molecule has 0 radical (unpaired) electrons. The number of hydrogen-bond acceptors (Lipinski definition) is 3. The third-order valence-electron chi connectivity index (χ3n) is 2.87. The minimum absolute atomic E-state index is 0.429. The van der Waals surface area contributed by atoms with Crippen molar-refractivity contribution in [3.8, 4) is 5.75 Å². The molecule has 1 heterocycles. The van der Waals surface area contributed by atoms with E-state index in [1.54, 1.807) is 6.20 Å². The lowest BCUT2D eigenvalue weighted by Crippen LogP contribution is -2.17. The van der Waals surface area contributed by atoms with Crippen molar-refractivity contribution in [1.82, 2.24) is 4.98 Å². The lowest BCUT2D eigenvalue weighted by atomic mass is 10.0. The topological polar surface area (TPSA) is 34.1 Å². The Bertz CT molecular complexity index is 339. The van der Waals surface area contributed by atoms with Crippen LogP contribution in [0, 0.1) is 5.92 Å². The number of rotatable bonds is 8. The van der Waals surface area contributed by atoms with Gasteiger partial charge in [0.05, 0.1) is 6.61 Å². The molecule has 0 aliphatic carbocycles. The van der Waals surface area contributed by atoms with Gasteiger partial charge in [-0.2, -0.15) is 0 Å². The number of pyridine rings is 1. The lowest BCUT2D eigenvalue weighted by Gasteiger charge is -2.17. The molecule has 1 N–H and O–H groups in total. The predicted octanol–water partition coefficient (Wildman–Crippen LogP) is 4.11. The summed E-state index contributed by atoms with van der Waals surface area (Å²) >= 11 is 0. The zero-order chi connectivity index (χ0) is 13.4. The highest BCUT2D eigenvalue weighted by Gasteiger charge is 2.08. The van der Waals surface area contributed by atoms with Crippen LogP contribution in [-0.2, 0) is 0 Å². The molecule has 0 aliphatic heterocycles. The molecule has 1 aromatic rings. The Morgan fingerprint density at radius 3 is 2.72 bits per heavy atom. The van der Waals surface area contributed by atoms with E-state index in [1.165, 1.54) is 19.3 Å². The van der Waals surface area contributed by atoms with Crippen LogP contribution in [0.2, 0.25) is 0 Å². The highest BCUT2D eigenvalue weighted by molar-refractivity contribution is 5.49. The molecule has 0 spiro atoms. The first kappa shape index (κ1) is 14.8. The monoisotopic (exact) mass is 250 g/mol. The molecule has 1 aromatic heterocycles. The molecule has 3 heteroatoms. The van der Waals surface area contributed by atoms with Crippen LogP contribution in [0.1, 0.15) is 47.0 Å². The summed E-state index contributed by atoms with van der Waals surface area (Å²) in [5.41, 5.74) is 0. The molecular formula is C15H26N2O. The highest BCUT2D eigenvalue weighted by Crippen LogP contribution is 2.22. The van der Waals surface area contributed by atoms with Gasteiger partial charge >= 0.3 is 0 Å². The van der Waals surface area contributed by atoms with Crippen LogP contribution in [0.4, 0.5) is 5.82 Å². The Hall–Kier alpha value is -1.25. The van der Waals surface area contributed by atoms with Crippen LogP contribution in [0.5, 0.6) is 5.75 Å². The van der Waals surface area contributed by atoms with Gasteiger partial charge in [0.15, 0.2) is 11.6 Å². The summed E-state index contributed by atoms with van der Waals surface area (Å²) in [5.74, 6) is 2.48. The molecule has 102 valence electrons. The number of hydrogen-bond donors (Lipinski definition) is 1. The van der Waals surface area contributed by atoms with Crippen molar-refractivity contribution in [2.45, 2.75) is 53.0 Å². The normalized spacial score (nSPS) is 12.5. The fourth-order valence-corrected chi connectivity index (χ4v) is 1.91. The third kappa shape index (κ3) is 5.39. The van der Waals surface area contributed by atoms with Crippen molar-refractivity contribution in [3.63, 3.8) is 0 Å². The van der Waals surface area contributed by atoms with E-state index in [1.807, 2.05) is 19.1 Å². The molecule has 3 nitrogen and oxygen atoms in total. The van der Waals surface area contributed by atoms with E-state index in [0.29, 0.717) is 12.6 Å². The molecule has 0 aliphatic rings. The van der Waals surface area contributed by atoms with Crippen LogP contribution in [-0.4, -0.2) is 17.6 Å². The van der Waals surface area contributed by atoms with Gasteiger partial charge in [0.1, 0.15) is 0 Å². The zero-order valence-corrected chi connectivity index (χ0v) is 12.1. The quantitative estimate of drug-likeness (QED) is 0.754. The minimum Gasteiger partial charge on any atom is -0.490 e. The van der Waals surface area contributed by atoms with Gasteiger partial charge in [0.2, 0.25) is 0 Å². The number of nitrogens with zero attached hydrogens (tertiary/aromatic N) is 1. The minimum atomic E-state index is 0.429. The summed E-state index contributed by atoms with van der Waals surface area (Å²) in [6.45, 7) is 9.39. The Kier molecular flexibility index (Phi) is 6.55. The molecule has 0 saturated heterocycles. The largest absolute Gasteiger partial charge is 0.490 e. The Balaban J connectivity index is 2.45. The maximum Gasteiger partial charge on any atom is 0.168 e. The van der Waals surface area contributed by atoms with Crippen LogP contribution < -0.4 is 10.1 Å². The summed E-state index contributed by atoms with van der Waals surface area (Å²) in [7, 11) is 0. The number of nitrogens with one attached hydrogen (secondary N) is 1. The van der Waals surface area contributed by atoms with Crippen molar-refractivity contribution < 1.29 is 4.74 Å². The fourth-order valence-electron chi connectivity index (χ4n) is 1.91. The van der Waals surface area contributed by atoms with Crippen molar-refractivity contribution in [2.75, 3.05) is 11.9 Å². The van der Waals surface area contributed by atoms with Crippen molar-refractivity contribution in [1.29, 1.82) is 0 Å². The van der Waals surface area contributed by atoms with Gasteiger partial charge in [-0.15, -0.1) is 0 Å². The maximum absolute atomic E-state index is 5.56. The van der Waals surface area contributed by atoms with Crippen LogP contribution in [0.25, 0.3) is 0 Å². The molecule has 1 unspecified atom stereocenters. The molecular weight excluding hydrogens is 224 g/mol. The van der Waals surface area contributed by atoms with Crippen molar-refractivity contribution in [2.24, 2.45) is 5.92 Å². The van der Waals surface area contributed by atoms with Crippen LogP contribution >= 0.6 is 0 Å². The number of anilines is 1. The average Bonchev–Trinajstić information content (AvgIpc) is 2.31. The average molecular weight is 250 g/mol. The SMILES string of the molecule is CCOc1cccnc1NC(C)CCCC(C)C. The number of aromatic nitrogens is 1. The van der Waals surface area contributed by atoms with E-state index in [-0.39, 0.29) is 0 Å². The third-order valence-corrected chi connectivity index (χ3v) is 2.87. The Morgan fingerprint density at radius 2 is 2.06 bits per heavy atom.